The van der Waals surface area contributed by atoms with Gasteiger partial charge in [0.05, 0.1) is 19.3 Å². The van der Waals surface area contributed by atoms with Gasteiger partial charge in [-0.05, 0) is 9.91 Å². The molecule has 10 nitrogen and oxygen atoms in total. The van der Waals surface area contributed by atoms with E-state index in [0.717, 1.165) is 17.1 Å². The van der Waals surface area contributed by atoms with E-state index in [1.807, 2.05) is 0 Å². The van der Waals surface area contributed by atoms with Crippen LogP contribution in [-0.2, 0) is 0 Å². The molecule has 5 N–H and O–H groups in total. The van der Waals surface area contributed by atoms with Crippen molar-refractivity contribution in [3.63, 3.8) is 0 Å². The monoisotopic (exact) mass is 277 g/mol. The van der Waals surface area contributed by atoms with E-state index in [4.69, 9.17) is 10.2 Å². The second-order valence-corrected chi connectivity index (χ2v) is 3.92. The predicted molar refractivity (Wildman–Crippen MR) is 60.1 cm³/mol. The van der Waals surface area contributed by atoms with Gasteiger partial charge in [0, 0.05) is 0 Å². The van der Waals surface area contributed by atoms with Gasteiger partial charge in [0.2, 0.25) is 6.33 Å². The fourth-order valence-electron chi connectivity index (χ4n) is 1.54. The Morgan fingerprint density at radius 1 is 1.26 bits per heavy atom. The van der Waals surface area contributed by atoms with E-state index >= 15 is 0 Å². The molecule has 0 bridgehead atoms. The number of rotatable bonds is 7. The van der Waals surface area contributed by atoms with Crippen LogP contribution in [0.1, 0.15) is 6.04 Å². The first-order valence-corrected chi connectivity index (χ1v) is 5.36. The minimum atomic E-state index is -1.72. The molecule has 0 aliphatic rings. The molecule has 0 amide bonds. The minimum Gasteiger partial charge on any atom is -0.394 e. The Morgan fingerprint density at radius 3 is 2.32 bits per heavy atom. The Morgan fingerprint density at radius 2 is 1.89 bits per heavy atom. The molecule has 1 aromatic rings. The number of imidazole rings is 1. The van der Waals surface area contributed by atoms with Gasteiger partial charge in [0.25, 0.3) is 0 Å². The summed E-state index contributed by atoms with van der Waals surface area (Å²) >= 11 is 0. The highest BCUT2D eigenvalue weighted by atomic mass is 16.6. The zero-order valence-electron chi connectivity index (χ0n) is 9.77. The summed E-state index contributed by atoms with van der Waals surface area (Å²) in [6, 6.07) is -1.14. The van der Waals surface area contributed by atoms with E-state index in [1.54, 1.807) is 0 Å². The standard InChI is InChI=1S/C9H15N3O7/c13-2-5(8(16)9(17)6(15)3-14)11-1-7(10-4-11)12(18)19/h1,4-6,8-9,13-17H,2-3H2/t5-,6+,8+,9-/m0/s1. The maximum Gasteiger partial charge on any atom is 0.381 e. The van der Waals surface area contributed by atoms with Crippen LogP contribution in [0.2, 0.25) is 0 Å². The molecule has 1 aromatic heterocycles. The Kier molecular flexibility index (Phi) is 5.32. The van der Waals surface area contributed by atoms with Crippen molar-refractivity contribution in [3.8, 4) is 0 Å². The number of hydrogen-bond acceptors (Lipinski definition) is 8. The normalized spacial score (nSPS) is 17.7. The van der Waals surface area contributed by atoms with E-state index in [2.05, 4.69) is 4.98 Å². The second kappa shape index (κ2) is 6.54. The van der Waals surface area contributed by atoms with Gasteiger partial charge in [-0.2, -0.15) is 0 Å². The van der Waals surface area contributed by atoms with E-state index in [9.17, 15) is 25.4 Å². The van der Waals surface area contributed by atoms with Gasteiger partial charge in [0.15, 0.2) is 0 Å². The molecule has 0 saturated carbocycles. The van der Waals surface area contributed by atoms with Gasteiger partial charge < -0.3 is 40.2 Å². The average molecular weight is 277 g/mol. The molecular formula is C9H15N3O7. The van der Waals surface area contributed by atoms with E-state index in [0.29, 0.717) is 0 Å². The van der Waals surface area contributed by atoms with Crippen molar-refractivity contribution in [3.05, 3.63) is 22.6 Å². The summed E-state index contributed by atoms with van der Waals surface area (Å²) in [5.41, 5.74) is 0. The summed E-state index contributed by atoms with van der Waals surface area (Å²) in [7, 11) is 0. The topological polar surface area (TPSA) is 162 Å². The molecule has 1 rings (SSSR count). The average Bonchev–Trinajstić information content (AvgIpc) is 2.87. The number of nitrogens with zero attached hydrogens (tertiary/aromatic N) is 3. The van der Waals surface area contributed by atoms with Crippen LogP contribution in [0.25, 0.3) is 0 Å². The van der Waals surface area contributed by atoms with Gasteiger partial charge in [-0.15, -0.1) is 0 Å². The van der Waals surface area contributed by atoms with Crippen molar-refractivity contribution in [2.75, 3.05) is 13.2 Å². The Balaban J connectivity index is 2.89. The third-order valence-electron chi connectivity index (χ3n) is 2.67. The predicted octanol–water partition coefficient (Wildman–Crippen LogP) is -2.60. The molecule has 0 unspecified atom stereocenters. The van der Waals surface area contributed by atoms with Gasteiger partial charge in [-0.3, -0.25) is 0 Å². The van der Waals surface area contributed by atoms with Crippen LogP contribution in [-0.4, -0.2) is 71.5 Å². The lowest BCUT2D eigenvalue weighted by Crippen LogP contribution is -2.45. The second-order valence-electron chi connectivity index (χ2n) is 3.92. The first-order chi connectivity index (χ1) is 8.92. The van der Waals surface area contributed by atoms with Crippen LogP contribution in [0.5, 0.6) is 0 Å². The first kappa shape index (κ1) is 15.5. The van der Waals surface area contributed by atoms with Crippen LogP contribution in [0.4, 0.5) is 5.82 Å². The molecule has 0 aromatic carbocycles. The zero-order valence-corrected chi connectivity index (χ0v) is 9.77. The lowest BCUT2D eigenvalue weighted by molar-refractivity contribution is -0.389. The highest BCUT2D eigenvalue weighted by molar-refractivity contribution is 5.13. The Hall–Kier alpha value is -1.59. The summed E-state index contributed by atoms with van der Waals surface area (Å²) in [5, 5.41) is 56.8. The van der Waals surface area contributed by atoms with Gasteiger partial charge in [-0.25, -0.2) is 0 Å². The largest absolute Gasteiger partial charge is 0.394 e. The van der Waals surface area contributed by atoms with Crippen molar-refractivity contribution in [2.24, 2.45) is 0 Å². The number of nitro groups is 1. The summed E-state index contributed by atoms with van der Waals surface area (Å²) in [6.45, 7) is -1.43. The van der Waals surface area contributed by atoms with Crippen LogP contribution >= 0.6 is 0 Å². The number of aromatic nitrogens is 2. The van der Waals surface area contributed by atoms with Crippen LogP contribution in [0.15, 0.2) is 12.5 Å². The Bertz CT molecular complexity index is 424. The first-order valence-electron chi connectivity index (χ1n) is 5.36. The third kappa shape index (κ3) is 3.45. The van der Waals surface area contributed by atoms with E-state index in [-0.39, 0.29) is 0 Å². The fraction of sp³-hybridized carbons (Fsp3) is 0.667. The van der Waals surface area contributed by atoms with Crippen molar-refractivity contribution >= 4 is 5.82 Å². The van der Waals surface area contributed by atoms with Crippen molar-refractivity contribution < 1.29 is 30.5 Å². The fourth-order valence-corrected chi connectivity index (χ4v) is 1.54. The third-order valence-corrected chi connectivity index (χ3v) is 2.67. The maximum atomic E-state index is 10.5. The lowest BCUT2D eigenvalue weighted by atomic mass is 10.0. The summed E-state index contributed by atoms with van der Waals surface area (Å²) in [5.74, 6) is -0.483. The molecule has 19 heavy (non-hydrogen) atoms. The van der Waals surface area contributed by atoms with Gasteiger partial charge in [-0.1, -0.05) is 0 Å². The van der Waals surface area contributed by atoms with Crippen molar-refractivity contribution in [1.82, 2.24) is 9.55 Å². The van der Waals surface area contributed by atoms with Gasteiger partial charge >= 0.3 is 5.82 Å². The van der Waals surface area contributed by atoms with E-state index in [1.165, 1.54) is 0 Å². The Labute approximate surface area is 107 Å². The summed E-state index contributed by atoms with van der Waals surface area (Å²) in [6.07, 6.45) is -2.96. The van der Waals surface area contributed by atoms with Crippen molar-refractivity contribution in [1.29, 1.82) is 0 Å². The molecule has 1 heterocycles. The molecule has 0 saturated heterocycles. The highest BCUT2D eigenvalue weighted by Crippen LogP contribution is 2.19. The highest BCUT2D eigenvalue weighted by Gasteiger charge is 2.32. The molecule has 0 aliphatic carbocycles. The molecule has 0 aliphatic heterocycles. The molecule has 10 heteroatoms. The van der Waals surface area contributed by atoms with Crippen molar-refractivity contribution in [2.45, 2.75) is 24.4 Å². The molecule has 0 fully saturated rings. The lowest BCUT2D eigenvalue weighted by Gasteiger charge is -2.27. The number of aliphatic hydroxyl groups excluding tert-OH is 5. The number of aliphatic hydroxyl groups is 5. The maximum absolute atomic E-state index is 10.5. The quantitative estimate of drug-likeness (QED) is 0.267. The van der Waals surface area contributed by atoms with Crippen LogP contribution in [0, 0.1) is 10.1 Å². The summed E-state index contributed by atoms with van der Waals surface area (Å²) in [4.78, 5) is 13.2. The number of hydrogen-bond donors (Lipinski definition) is 5. The molecule has 0 radical (unpaired) electrons. The molecular weight excluding hydrogens is 262 g/mol. The molecule has 108 valence electrons. The molecule has 4 atom stereocenters. The van der Waals surface area contributed by atoms with E-state index < -0.39 is 48.3 Å². The smallest absolute Gasteiger partial charge is 0.381 e. The summed E-state index contributed by atoms with van der Waals surface area (Å²) < 4.78 is 1.05. The van der Waals surface area contributed by atoms with Crippen LogP contribution in [0.3, 0.4) is 0 Å². The molecule has 0 spiro atoms. The van der Waals surface area contributed by atoms with Gasteiger partial charge in [0.1, 0.15) is 24.5 Å². The minimum absolute atomic E-state index is 0.483. The zero-order chi connectivity index (χ0) is 14.6. The SMILES string of the molecule is O=[N+]([O-])c1cn([C@@H](CO)[C@@H](O)[C@@H](O)[C@H](O)CO)cn1. The van der Waals surface area contributed by atoms with Crippen LogP contribution < -0.4 is 0 Å².